The van der Waals surface area contributed by atoms with E-state index < -0.39 is 0 Å². The molecule has 4 heteroatoms. The number of ether oxygens (including phenoxy) is 1. The van der Waals surface area contributed by atoms with Crippen LogP contribution in [0.5, 0.6) is 5.75 Å². The molecule has 0 aliphatic heterocycles. The van der Waals surface area contributed by atoms with E-state index in [1.807, 2.05) is 61.5 Å². The summed E-state index contributed by atoms with van der Waals surface area (Å²) in [6, 6.07) is 17.6. The number of nitrogens with one attached hydrogen (secondary N) is 1. The molecule has 0 saturated carbocycles. The fraction of sp³-hybridized carbons (Fsp3) is 0.143. The highest BCUT2D eigenvalue weighted by molar-refractivity contribution is 5.95. The molecule has 0 spiro atoms. The third-order valence-corrected chi connectivity index (χ3v) is 4.00. The van der Waals surface area contributed by atoms with E-state index in [0.29, 0.717) is 12.1 Å². The predicted molar refractivity (Wildman–Crippen MR) is 98.6 cm³/mol. The van der Waals surface area contributed by atoms with E-state index in [1.54, 1.807) is 19.5 Å². The Morgan fingerprint density at radius 1 is 1.00 bits per heavy atom. The molecule has 0 atom stereocenters. The lowest BCUT2D eigenvalue weighted by molar-refractivity contribution is 0.0950. The van der Waals surface area contributed by atoms with Crippen LogP contribution in [0.2, 0.25) is 0 Å². The first-order valence-electron chi connectivity index (χ1n) is 8.09. The lowest BCUT2D eigenvalue weighted by Gasteiger charge is -2.08. The first kappa shape index (κ1) is 16.7. The van der Waals surface area contributed by atoms with Gasteiger partial charge in [0.1, 0.15) is 5.75 Å². The summed E-state index contributed by atoms with van der Waals surface area (Å²) in [5, 5.41) is 2.92. The van der Waals surface area contributed by atoms with Crippen LogP contribution in [0.1, 0.15) is 21.5 Å². The van der Waals surface area contributed by atoms with Gasteiger partial charge in [-0.2, -0.15) is 0 Å². The number of hydrogen-bond acceptors (Lipinski definition) is 3. The number of amides is 1. The van der Waals surface area contributed by atoms with Crippen LogP contribution in [-0.2, 0) is 6.54 Å². The summed E-state index contributed by atoms with van der Waals surface area (Å²) >= 11 is 0. The van der Waals surface area contributed by atoms with Crippen molar-refractivity contribution in [2.75, 3.05) is 7.11 Å². The zero-order chi connectivity index (χ0) is 17.6. The monoisotopic (exact) mass is 332 g/mol. The molecule has 2 aromatic carbocycles. The minimum absolute atomic E-state index is 0.141. The molecule has 126 valence electrons. The van der Waals surface area contributed by atoms with Gasteiger partial charge in [0.2, 0.25) is 0 Å². The van der Waals surface area contributed by atoms with E-state index >= 15 is 0 Å². The van der Waals surface area contributed by atoms with E-state index in [0.717, 1.165) is 22.4 Å². The van der Waals surface area contributed by atoms with Crippen molar-refractivity contribution in [2.24, 2.45) is 0 Å². The maximum atomic E-state index is 12.4. The highest BCUT2D eigenvalue weighted by Gasteiger charge is 2.08. The number of nitrogens with zero attached hydrogens (tertiary/aromatic N) is 1. The van der Waals surface area contributed by atoms with Gasteiger partial charge in [-0.05, 0) is 36.2 Å². The van der Waals surface area contributed by atoms with Gasteiger partial charge in [-0.1, -0.05) is 42.0 Å². The minimum atomic E-state index is -0.141. The SMILES string of the molecule is COc1ccc(CNC(=O)c2cncc(-c3ccc(C)cc3)c2)cc1. The molecule has 25 heavy (non-hydrogen) atoms. The Hall–Kier alpha value is -3.14. The zero-order valence-corrected chi connectivity index (χ0v) is 14.3. The molecule has 0 bridgehead atoms. The molecule has 0 aliphatic rings. The number of rotatable bonds is 5. The quantitative estimate of drug-likeness (QED) is 0.768. The Kier molecular flexibility index (Phi) is 5.09. The van der Waals surface area contributed by atoms with Gasteiger partial charge >= 0.3 is 0 Å². The topological polar surface area (TPSA) is 51.2 Å². The third kappa shape index (κ3) is 4.23. The maximum absolute atomic E-state index is 12.4. The van der Waals surface area contributed by atoms with Crippen molar-refractivity contribution < 1.29 is 9.53 Å². The van der Waals surface area contributed by atoms with Crippen molar-refractivity contribution in [3.05, 3.63) is 83.7 Å². The molecule has 1 aromatic heterocycles. The summed E-state index contributed by atoms with van der Waals surface area (Å²) in [4.78, 5) is 16.6. The third-order valence-electron chi connectivity index (χ3n) is 4.00. The molecule has 0 aliphatic carbocycles. The number of pyridine rings is 1. The second kappa shape index (κ2) is 7.62. The summed E-state index contributed by atoms with van der Waals surface area (Å²) in [7, 11) is 1.63. The van der Waals surface area contributed by atoms with Gasteiger partial charge in [0.25, 0.3) is 5.91 Å². The zero-order valence-electron chi connectivity index (χ0n) is 14.3. The lowest BCUT2D eigenvalue weighted by Crippen LogP contribution is -2.22. The molecule has 1 heterocycles. The van der Waals surface area contributed by atoms with Crippen LogP contribution in [0.25, 0.3) is 11.1 Å². The molecule has 3 aromatic rings. The van der Waals surface area contributed by atoms with Gasteiger partial charge in [0.05, 0.1) is 12.7 Å². The molecular weight excluding hydrogens is 312 g/mol. The maximum Gasteiger partial charge on any atom is 0.253 e. The van der Waals surface area contributed by atoms with Crippen molar-refractivity contribution in [3.63, 3.8) is 0 Å². The number of carbonyl (C=O) groups is 1. The summed E-state index contributed by atoms with van der Waals surface area (Å²) in [5.41, 5.74) is 4.73. The normalized spacial score (nSPS) is 10.3. The van der Waals surface area contributed by atoms with Crippen molar-refractivity contribution in [1.29, 1.82) is 0 Å². The Balaban J connectivity index is 1.69. The number of methoxy groups -OCH3 is 1. The Labute approximate surface area is 147 Å². The first-order chi connectivity index (χ1) is 12.2. The summed E-state index contributed by atoms with van der Waals surface area (Å²) in [6.45, 7) is 2.50. The Morgan fingerprint density at radius 2 is 1.72 bits per heavy atom. The molecule has 4 nitrogen and oxygen atoms in total. The molecule has 0 fully saturated rings. The average Bonchev–Trinajstić information content (AvgIpc) is 2.67. The van der Waals surface area contributed by atoms with E-state index in [9.17, 15) is 4.79 Å². The molecule has 0 unspecified atom stereocenters. The standard InChI is InChI=1S/C21H20N2O2/c1-15-3-7-17(8-4-15)18-11-19(14-22-13-18)21(24)23-12-16-5-9-20(25-2)10-6-16/h3-11,13-14H,12H2,1-2H3,(H,23,24). The minimum Gasteiger partial charge on any atom is -0.497 e. The number of benzene rings is 2. The second-order valence-corrected chi connectivity index (χ2v) is 5.86. The molecule has 0 saturated heterocycles. The second-order valence-electron chi connectivity index (χ2n) is 5.86. The van der Waals surface area contributed by atoms with Crippen molar-refractivity contribution in [3.8, 4) is 16.9 Å². The van der Waals surface area contributed by atoms with Crippen LogP contribution in [0.3, 0.4) is 0 Å². The predicted octanol–water partition coefficient (Wildman–Crippen LogP) is 4.00. The number of hydrogen-bond donors (Lipinski definition) is 1. The van der Waals surface area contributed by atoms with Gasteiger partial charge < -0.3 is 10.1 Å². The molecular formula is C21H20N2O2. The van der Waals surface area contributed by atoms with Crippen LogP contribution in [0.15, 0.2) is 67.0 Å². The van der Waals surface area contributed by atoms with E-state index in [2.05, 4.69) is 10.3 Å². The van der Waals surface area contributed by atoms with Crippen molar-refractivity contribution in [1.82, 2.24) is 10.3 Å². The van der Waals surface area contributed by atoms with Gasteiger partial charge in [-0.3, -0.25) is 9.78 Å². The number of aryl methyl sites for hydroxylation is 1. The van der Waals surface area contributed by atoms with Crippen molar-refractivity contribution >= 4 is 5.91 Å². The largest absolute Gasteiger partial charge is 0.497 e. The summed E-state index contributed by atoms with van der Waals surface area (Å²) in [6.07, 6.45) is 3.35. The highest BCUT2D eigenvalue weighted by atomic mass is 16.5. The van der Waals surface area contributed by atoms with Crippen LogP contribution >= 0.6 is 0 Å². The van der Waals surface area contributed by atoms with Crippen LogP contribution in [0, 0.1) is 6.92 Å². The number of carbonyl (C=O) groups excluding carboxylic acids is 1. The van der Waals surface area contributed by atoms with Crippen LogP contribution < -0.4 is 10.1 Å². The summed E-state index contributed by atoms with van der Waals surface area (Å²) < 4.78 is 5.13. The molecule has 1 N–H and O–H groups in total. The van der Waals surface area contributed by atoms with E-state index in [4.69, 9.17) is 4.74 Å². The fourth-order valence-corrected chi connectivity index (χ4v) is 2.50. The van der Waals surface area contributed by atoms with Gasteiger partial charge in [-0.25, -0.2) is 0 Å². The fourth-order valence-electron chi connectivity index (χ4n) is 2.50. The van der Waals surface area contributed by atoms with Gasteiger partial charge in [0, 0.05) is 24.5 Å². The van der Waals surface area contributed by atoms with Gasteiger partial charge in [-0.15, -0.1) is 0 Å². The first-order valence-corrected chi connectivity index (χ1v) is 8.09. The molecule has 1 amide bonds. The van der Waals surface area contributed by atoms with E-state index in [1.165, 1.54) is 5.56 Å². The summed E-state index contributed by atoms with van der Waals surface area (Å²) in [5.74, 6) is 0.655. The van der Waals surface area contributed by atoms with Crippen molar-refractivity contribution in [2.45, 2.75) is 13.5 Å². The molecule has 0 radical (unpaired) electrons. The molecule has 3 rings (SSSR count). The van der Waals surface area contributed by atoms with Crippen LogP contribution in [0.4, 0.5) is 0 Å². The lowest BCUT2D eigenvalue weighted by atomic mass is 10.0. The average molecular weight is 332 g/mol. The number of aromatic nitrogens is 1. The van der Waals surface area contributed by atoms with Crippen LogP contribution in [-0.4, -0.2) is 18.0 Å². The van der Waals surface area contributed by atoms with Gasteiger partial charge in [0.15, 0.2) is 0 Å². The Morgan fingerprint density at radius 3 is 2.40 bits per heavy atom. The smallest absolute Gasteiger partial charge is 0.253 e. The highest BCUT2D eigenvalue weighted by Crippen LogP contribution is 2.20. The van der Waals surface area contributed by atoms with E-state index in [-0.39, 0.29) is 5.91 Å². The Bertz CT molecular complexity index is 856.